The van der Waals surface area contributed by atoms with Crippen LogP contribution in [0.4, 0.5) is 5.69 Å². The van der Waals surface area contributed by atoms with Crippen molar-refractivity contribution in [3.8, 4) is 0 Å². The molecule has 0 aliphatic rings. The summed E-state index contributed by atoms with van der Waals surface area (Å²) in [4.78, 5) is 21.5. The number of benzene rings is 1. The molecule has 0 radical (unpaired) electrons. The van der Waals surface area contributed by atoms with Gasteiger partial charge >= 0.3 is 0 Å². The lowest BCUT2D eigenvalue weighted by atomic mass is 10.2. The number of thiol groups is 1. The van der Waals surface area contributed by atoms with Gasteiger partial charge in [0, 0.05) is 24.1 Å². The highest BCUT2D eigenvalue weighted by molar-refractivity contribution is 7.80. The van der Waals surface area contributed by atoms with Crippen LogP contribution in [0.2, 0.25) is 0 Å². The molecule has 0 aliphatic carbocycles. The molecule has 1 aromatic carbocycles. The van der Waals surface area contributed by atoms with Crippen molar-refractivity contribution in [3.05, 3.63) is 33.9 Å². The maximum Gasteiger partial charge on any atom is 0.270 e. The average molecular weight is 212 g/mol. The van der Waals surface area contributed by atoms with Crippen LogP contribution >= 0.6 is 12.6 Å². The van der Waals surface area contributed by atoms with E-state index in [1.165, 1.54) is 25.2 Å². The summed E-state index contributed by atoms with van der Waals surface area (Å²) in [6.07, 6.45) is 0. The second kappa shape index (κ2) is 4.10. The molecule has 0 saturated carbocycles. The molecule has 0 atom stereocenters. The molecular formula is C8H8N2O3S. The van der Waals surface area contributed by atoms with Gasteiger partial charge in [-0.05, 0) is 6.07 Å². The second-order valence-corrected chi connectivity index (χ2v) is 3.02. The Balaban J connectivity index is 3.21. The summed E-state index contributed by atoms with van der Waals surface area (Å²) in [5, 5.41) is 12.8. The van der Waals surface area contributed by atoms with E-state index < -0.39 is 10.8 Å². The molecule has 1 rings (SSSR count). The van der Waals surface area contributed by atoms with Crippen LogP contribution in [-0.4, -0.2) is 17.9 Å². The Hall–Kier alpha value is -1.56. The maximum atomic E-state index is 11.2. The number of hydrogen-bond acceptors (Lipinski definition) is 4. The Labute approximate surface area is 85.7 Å². The number of nitrogens with zero attached hydrogens (tertiary/aromatic N) is 1. The number of nitro groups is 1. The number of rotatable bonds is 2. The monoisotopic (exact) mass is 212 g/mol. The second-order valence-electron chi connectivity index (χ2n) is 2.54. The van der Waals surface area contributed by atoms with Gasteiger partial charge in [-0.15, -0.1) is 12.6 Å². The lowest BCUT2D eigenvalue weighted by Crippen LogP contribution is -2.18. The molecule has 1 N–H and O–H groups in total. The summed E-state index contributed by atoms with van der Waals surface area (Å²) >= 11 is 4.02. The molecule has 6 heteroatoms. The molecular weight excluding hydrogens is 204 g/mol. The fourth-order valence-electron chi connectivity index (χ4n) is 0.954. The molecule has 0 heterocycles. The molecule has 0 saturated heterocycles. The van der Waals surface area contributed by atoms with Gasteiger partial charge in [-0.25, -0.2) is 0 Å². The summed E-state index contributed by atoms with van der Waals surface area (Å²) in [7, 11) is 1.45. The van der Waals surface area contributed by atoms with Crippen LogP contribution in [0.1, 0.15) is 10.4 Å². The Morgan fingerprint density at radius 1 is 1.57 bits per heavy atom. The van der Waals surface area contributed by atoms with Crippen molar-refractivity contribution in [1.82, 2.24) is 5.32 Å². The minimum absolute atomic E-state index is 0.124. The number of carbonyl (C=O) groups is 1. The zero-order valence-electron chi connectivity index (χ0n) is 7.35. The fourth-order valence-corrected chi connectivity index (χ4v) is 1.19. The largest absolute Gasteiger partial charge is 0.355 e. The van der Waals surface area contributed by atoms with E-state index in [1.807, 2.05) is 0 Å². The minimum atomic E-state index is -0.556. The Morgan fingerprint density at radius 3 is 2.71 bits per heavy atom. The van der Waals surface area contributed by atoms with Crippen LogP contribution < -0.4 is 5.32 Å². The van der Waals surface area contributed by atoms with Gasteiger partial charge in [0.25, 0.3) is 11.6 Å². The van der Waals surface area contributed by atoms with Gasteiger partial charge in [-0.2, -0.15) is 0 Å². The van der Waals surface area contributed by atoms with Gasteiger partial charge in [0.2, 0.25) is 0 Å². The first-order valence-electron chi connectivity index (χ1n) is 3.75. The zero-order valence-corrected chi connectivity index (χ0v) is 8.25. The van der Waals surface area contributed by atoms with Crippen molar-refractivity contribution in [3.63, 3.8) is 0 Å². The van der Waals surface area contributed by atoms with E-state index in [-0.39, 0.29) is 11.3 Å². The molecule has 0 bridgehead atoms. The van der Waals surface area contributed by atoms with Gasteiger partial charge in [0.15, 0.2) is 0 Å². The summed E-state index contributed by atoms with van der Waals surface area (Å²) in [5.41, 5.74) is 0.0754. The third-order valence-electron chi connectivity index (χ3n) is 1.66. The first-order chi connectivity index (χ1) is 6.56. The molecule has 5 nitrogen and oxygen atoms in total. The SMILES string of the molecule is CNC(=O)c1cc([N+](=O)[O-])ccc1S. The van der Waals surface area contributed by atoms with Crippen LogP contribution in [0.3, 0.4) is 0 Å². The highest BCUT2D eigenvalue weighted by Crippen LogP contribution is 2.20. The van der Waals surface area contributed by atoms with E-state index in [9.17, 15) is 14.9 Å². The first-order valence-corrected chi connectivity index (χ1v) is 4.20. The number of nitrogens with one attached hydrogen (secondary N) is 1. The van der Waals surface area contributed by atoms with Crippen molar-refractivity contribution >= 4 is 24.2 Å². The first kappa shape index (κ1) is 10.5. The third kappa shape index (κ3) is 2.02. The number of nitro benzene ring substituents is 1. The lowest BCUT2D eigenvalue weighted by Gasteiger charge is -2.02. The number of non-ortho nitro benzene ring substituents is 1. The van der Waals surface area contributed by atoms with Crippen molar-refractivity contribution in [1.29, 1.82) is 0 Å². The quantitative estimate of drug-likeness (QED) is 0.440. The summed E-state index contributed by atoms with van der Waals surface area (Å²) < 4.78 is 0. The standard InChI is InChI=1S/C8H8N2O3S/c1-9-8(11)6-4-5(10(12)13)2-3-7(6)14/h2-4,14H,1H3,(H,9,11). The van der Waals surface area contributed by atoms with Crippen LogP contribution in [0.25, 0.3) is 0 Å². The Morgan fingerprint density at radius 2 is 2.21 bits per heavy atom. The van der Waals surface area contributed by atoms with Crippen molar-refractivity contribution < 1.29 is 9.72 Å². The molecule has 0 spiro atoms. The van der Waals surface area contributed by atoms with E-state index in [2.05, 4.69) is 17.9 Å². The average Bonchev–Trinajstić information content (AvgIpc) is 2.17. The molecule has 1 aromatic rings. The Kier molecular flexibility index (Phi) is 3.08. The summed E-state index contributed by atoms with van der Waals surface area (Å²) in [6, 6.07) is 3.92. The van der Waals surface area contributed by atoms with Crippen molar-refractivity contribution in [2.24, 2.45) is 0 Å². The number of hydrogen-bond donors (Lipinski definition) is 2. The van der Waals surface area contributed by atoms with Gasteiger partial charge in [0.1, 0.15) is 0 Å². The molecule has 14 heavy (non-hydrogen) atoms. The molecule has 74 valence electrons. The molecule has 0 fully saturated rings. The fraction of sp³-hybridized carbons (Fsp3) is 0.125. The predicted octanol–water partition coefficient (Wildman–Crippen LogP) is 1.24. The third-order valence-corrected chi connectivity index (χ3v) is 2.05. The van der Waals surface area contributed by atoms with Gasteiger partial charge in [0.05, 0.1) is 10.5 Å². The van der Waals surface area contributed by atoms with Crippen molar-refractivity contribution in [2.45, 2.75) is 4.90 Å². The van der Waals surface area contributed by atoms with E-state index in [0.29, 0.717) is 4.90 Å². The molecule has 0 aliphatic heterocycles. The Bertz CT molecular complexity index is 392. The summed E-state index contributed by atoms with van der Waals surface area (Å²) in [6.45, 7) is 0. The van der Waals surface area contributed by atoms with E-state index >= 15 is 0 Å². The van der Waals surface area contributed by atoms with Gasteiger partial charge < -0.3 is 5.32 Å². The maximum absolute atomic E-state index is 11.2. The van der Waals surface area contributed by atoms with E-state index in [4.69, 9.17) is 0 Å². The smallest absolute Gasteiger partial charge is 0.270 e. The van der Waals surface area contributed by atoms with Gasteiger partial charge in [-0.3, -0.25) is 14.9 Å². The van der Waals surface area contributed by atoms with Crippen LogP contribution in [0, 0.1) is 10.1 Å². The van der Waals surface area contributed by atoms with Crippen LogP contribution in [0.15, 0.2) is 23.1 Å². The molecule has 0 aromatic heterocycles. The molecule has 0 unspecified atom stereocenters. The molecule has 1 amide bonds. The van der Waals surface area contributed by atoms with Crippen LogP contribution in [-0.2, 0) is 0 Å². The van der Waals surface area contributed by atoms with Crippen LogP contribution in [0.5, 0.6) is 0 Å². The van der Waals surface area contributed by atoms with E-state index in [1.54, 1.807) is 0 Å². The number of carbonyl (C=O) groups excluding carboxylic acids is 1. The topological polar surface area (TPSA) is 72.2 Å². The predicted molar refractivity (Wildman–Crippen MR) is 53.7 cm³/mol. The van der Waals surface area contributed by atoms with E-state index in [0.717, 1.165) is 0 Å². The summed E-state index contributed by atoms with van der Waals surface area (Å²) in [5.74, 6) is -0.390. The highest BCUT2D eigenvalue weighted by Gasteiger charge is 2.13. The van der Waals surface area contributed by atoms with Gasteiger partial charge in [-0.1, -0.05) is 0 Å². The lowest BCUT2D eigenvalue weighted by molar-refractivity contribution is -0.384. The minimum Gasteiger partial charge on any atom is -0.355 e. The zero-order chi connectivity index (χ0) is 10.7. The highest BCUT2D eigenvalue weighted by atomic mass is 32.1. The number of amides is 1. The normalized spacial score (nSPS) is 9.57. The van der Waals surface area contributed by atoms with Crippen molar-refractivity contribution in [2.75, 3.05) is 7.05 Å².